The Morgan fingerprint density at radius 3 is 0.970 bits per heavy atom. The van der Waals surface area contributed by atoms with Crippen molar-refractivity contribution in [1.29, 1.82) is 0 Å². The van der Waals surface area contributed by atoms with Crippen molar-refractivity contribution < 1.29 is 8.83 Å². The van der Waals surface area contributed by atoms with Gasteiger partial charge in [0, 0.05) is 127 Å². The van der Waals surface area contributed by atoms with Gasteiger partial charge in [0.1, 0.15) is 22.3 Å². The molecule has 0 spiro atoms. The number of hydrogen-bond acceptors (Lipinski definition) is 4. The summed E-state index contributed by atoms with van der Waals surface area (Å²) < 4.78 is 22.3. The van der Waals surface area contributed by atoms with E-state index in [0.717, 1.165) is 123 Å². The van der Waals surface area contributed by atoms with Crippen molar-refractivity contribution in [2.45, 2.75) is 0 Å². The topological polar surface area (TPSA) is 52.5 Å². The Labute approximate surface area is 760 Å². The maximum atomic E-state index is 6.45. The third kappa shape index (κ3) is 12.7. The molecular weight excluding hydrogens is 1610 g/mol. The summed E-state index contributed by atoms with van der Waals surface area (Å²) in [6.07, 6.45) is 0. The zero-order valence-electron chi connectivity index (χ0n) is 71.7. The molecule has 0 saturated carbocycles. The van der Waals surface area contributed by atoms with E-state index in [4.69, 9.17) is 8.83 Å². The maximum absolute atomic E-state index is 6.45. The van der Waals surface area contributed by atoms with Crippen LogP contribution in [0.3, 0.4) is 0 Å². The van der Waals surface area contributed by atoms with Gasteiger partial charge in [0.2, 0.25) is 0 Å². The second-order valence-corrected chi connectivity index (χ2v) is 34.3. The lowest BCUT2D eigenvalue weighted by Gasteiger charge is -2.26. The minimum Gasteiger partial charge on any atom is -0.456 e. The Morgan fingerprint density at radius 1 is 0.152 bits per heavy atom. The van der Waals surface area contributed by atoms with Gasteiger partial charge >= 0.3 is 0 Å². The number of rotatable bonds is 14. The molecule has 8 heteroatoms. The highest BCUT2D eigenvalue weighted by atomic mass is 16.3. The summed E-state index contributed by atoms with van der Waals surface area (Å²) in [5.74, 6) is 0. The van der Waals surface area contributed by atoms with E-state index in [1.54, 1.807) is 0 Å². The van der Waals surface area contributed by atoms with Crippen molar-refractivity contribution >= 4 is 176 Å². The summed E-state index contributed by atoms with van der Waals surface area (Å²) in [6.45, 7) is 0. The van der Waals surface area contributed by atoms with E-state index in [1.807, 2.05) is 24.3 Å². The molecule has 0 aliphatic carbocycles. The first-order valence-corrected chi connectivity index (χ1v) is 45.1. The minimum atomic E-state index is 0.877. The normalized spacial score (nSPS) is 11.8. The van der Waals surface area contributed by atoms with Gasteiger partial charge in [-0.15, -0.1) is 0 Å². The van der Waals surface area contributed by atoms with Gasteiger partial charge in [-0.3, -0.25) is 0 Å². The number of hydrogen-bond donors (Lipinski definition) is 0. The molecule has 27 aromatic rings. The van der Waals surface area contributed by atoms with Crippen LogP contribution in [-0.2, 0) is 0 Å². The van der Waals surface area contributed by atoms with Crippen molar-refractivity contribution in [3.63, 3.8) is 0 Å². The third-order valence-corrected chi connectivity index (χ3v) is 26.8. The SMILES string of the molecule is c1ccc(-n2c3ccccc3c3cc(-c4ccc5cc(N(c6ccc(-c7ccc8c9ccccc9n(-c9ccccc9)c8c7)cc6)c6ccc7oc8ccccc8c7c6)ccc5c4)ccc32)cc1.c1ccc(-n2c3ccccc3c3ccc(-c4ccc(N(c5ccc(-c6cccc7c6oc6ccccc67)cc5)c5ccc(-n6c7ccccc7c7ccccc76)cc5)cc4)cc32)cc1. The van der Waals surface area contributed by atoms with Crippen molar-refractivity contribution in [2.75, 3.05) is 9.80 Å². The number of aromatic nitrogens is 4. The van der Waals surface area contributed by atoms with Gasteiger partial charge < -0.3 is 36.9 Å². The van der Waals surface area contributed by atoms with Crippen molar-refractivity contribution in [3.8, 4) is 67.3 Å². The largest absolute Gasteiger partial charge is 0.456 e. The first kappa shape index (κ1) is 75.6. The highest BCUT2D eigenvalue weighted by Gasteiger charge is 2.24. The van der Waals surface area contributed by atoms with Crippen LogP contribution in [0.5, 0.6) is 0 Å². The molecular formula is C124H80N6O2. The standard InChI is InChI=1S/C64H41N3O.C60H39N3O/c1-3-13-48(14-4-1)66-60-21-11-8-18-54(60)57-39-46(29-35-61(57)66)43-23-24-45-38-51(32-27-44(45)37-43)65(52-33-36-64-58(41-52)56-19-9-12-22-63(56)68-64)50-30-25-42(26-31-50)47-28-34-55-53-17-7-10-20-59(53)67(62(55)40-47)49-15-5-2-6-16-49;1-2-13-43(14-3-1)63-57-23-10-6-17-51(57)52-38-29-42(39-58(52)63)40-25-30-44(31-26-40)61(45-32-27-41(28-33-45)48-19-12-20-54-53-18-7-11-24-59(53)64-60(48)54)46-34-36-47(37-35-46)62-55-21-8-4-15-49(55)50-16-5-9-22-56(50)62/h1-41H;1-39H. The molecule has 0 N–H and O–H groups in total. The van der Waals surface area contributed by atoms with Crippen LogP contribution in [0.2, 0.25) is 0 Å². The van der Waals surface area contributed by atoms with Crippen LogP contribution in [0.15, 0.2) is 494 Å². The molecule has 0 amide bonds. The van der Waals surface area contributed by atoms with E-state index < -0.39 is 0 Å². The van der Waals surface area contributed by atoms with Gasteiger partial charge in [0.15, 0.2) is 0 Å². The van der Waals surface area contributed by atoms with Gasteiger partial charge in [-0.2, -0.15) is 0 Å². The molecule has 8 nitrogen and oxygen atoms in total. The molecule has 6 aromatic heterocycles. The van der Waals surface area contributed by atoms with Crippen LogP contribution in [0, 0.1) is 0 Å². The molecule has 0 fully saturated rings. The lowest BCUT2D eigenvalue weighted by atomic mass is 9.99. The summed E-state index contributed by atoms with van der Waals surface area (Å²) in [5, 5.41) is 16.8. The van der Waals surface area contributed by atoms with Crippen molar-refractivity contribution in [1.82, 2.24) is 18.3 Å². The molecule has 618 valence electrons. The van der Waals surface area contributed by atoms with Gasteiger partial charge in [-0.25, -0.2) is 0 Å². The highest BCUT2D eigenvalue weighted by Crippen LogP contribution is 2.47. The number of anilines is 6. The Morgan fingerprint density at radius 2 is 0.462 bits per heavy atom. The Hall–Kier alpha value is -17.7. The molecule has 21 aromatic carbocycles. The van der Waals surface area contributed by atoms with Gasteiger partial charge in [0.25, 0.3) is 0 Å². The van der Waals surface area contributed by atoms with Gasteiger partial charge in [0.05, 0.1) is 44.1 Å². The Balaban J connectivity index is 0.000000139. The summed E-state index contributed by atoms with van der Waals surface area (Å²) in [4.78, 5) is 4.71. The van der Waals surface area contributed by atoms with Crippen LogP contribution in [0.1, 0.15) is 0 Å². The third-order valence-electron chi connectivity index (χ3n) is 26.8. The van der Waals surface area contributed by atoms with E-state index in [9.17, 15) is 0 Å². The molecule has 0 aliphatic heterocycles. The molecule has 0 unspecified atom stereocenters. The van der Waals surface area contributed by atoms with E-state index in [0.29, 0.717) is 0 Å². The molecule has 6 heterocycles. The van der Waals surface area contributed by atoms with Gasteiger partial charge in [-0.05, 0) is 250 Å². The number of nitrogens with zero attached hydrogens (tertiary/aromatic N) is 6. The fraction of sp³-hybridized carbons (Fsp3) is 0. The van der Waals surface area contributed by atoms with Gasteiger partial charge in [-0.1, -0.05) is 285 Å². The summed E-state index contributed by atoms with van der Waals surface area (Å²) in [5.41, 5.74) is 33.4. The van der Waals surface area contributed by atoms with Crippen LogP contribution in [-0.4, -0.2) is 18.3 Å². The molecule has 0 aliphatic rings. The molecule has 0 bridgehead atoms. The van der Waals surface area contributed by atoms with E-state index in [1.165, 1.54) is 120 Å². The second kappa shape index (κ2) is 31.1. The lowest BCUT2D eigenvalue weighted by molar-refractivity contribution is 0.669. The number of benzene rings is 21. The van der Waals surface area contributed by atoms with Crippen molar-refractivity contribution in [3.05, 3.63) is 485 Å². The predicted octanol–water partition coefficient (Wildman–Crippen LogP) is 34.3. The van der Waals surface area contributed by atoms with Crippen LogP contribution >= 0.6 is 0 Å². The zero-order valence-corrected chi connectivity index (χ0v) is 71.7. The summed E-state index contributed by atoms with van der Waals surface area (Å²) in [6, 6.07) is 175. The first-order valence-electron chi connectivity index (χ1n) is 45.1. The quantitative estimate of drug-likeness (QED) is 0.109. The number of fused-ring (bicyclic) bond motifs is 19. The molecule has 0 saturated heterocycles. The van der Waals surface area contributed by atoms with Crippen LogP contribution in [0.25, 0.3) is 209 Å². The van der Waals surface area contributed by atoms with Crippen molar-refractivity contribution in [2.24, 2.45) is 0 Å². The van der Waals surface area contributed by atoms with Crippen LogP contribution < -0.4 is 9.80 Å². The smallest absolute Gasteiger partial charge is 0.143 e. The lowest BCUT2D eigenvalue weighted by Crippen LogP contribution is -2.10. The fourth-order valence-electron chi connectivity index (χ4n) is 20.6. The number of para-hydroxylation sites is 11. The molecule has 132 heavy (non-hydrogen) atoms. The fourth-order valence-corrected chi connectivity index (χ4v) is 20.6. The predicted molar refractivity (Wildman–Crippen MR) is 553 cm³/mol. The summed E-state index contributed by atoms with van der Waals surface area (Å²) >= 11 is 0. The summed E-state index contributed by atoms with van der Waals surface area (Å²) in [7, 11) is 0. The van der Waals surface area contributed by atoms with E-state index in [2.05, 4.69) is 489 Å². The average molecular weight is 1690 g/mol. The van der Waals surface area contributed by atoms with E-state index >= 15 is 0 Å². The number of furan rings is 2. The molecule has 0 radical (unpaired) electrons. The van der Waals surface area contributed by atoms with E-state index in [-0.39, 0.29) is 0 Å². The zero-order chi connectivity index (χ0) is 86.9. The Bertz CT molecular complexity index is 9140. The van der Waals surface area contributed by atoms with Crippen LogP contribution in [0.4, 0.5) is 34.1 Å². The maximum Gasteiger partial charge on any atom is 0.143 e. The average Bonchev–Trinajstić information content (AvgIpc) is 1.59. The first-order chi connectivity index (χ1) is 65.4. The minimum absolute atomic E-state index is 0.877. The molecule has 0 atom stereocenters. The monoisotopic (exact) mass is 1680 g/mol. The second-order valence-electron chi connectivity index (χ2n) is 34.3. The molecule has 27 rings (SSSR count). The highest BCUT2D eigenvalue weighted by molar-refractivity contribution is 6.16. The Kier molecular flexibility index (Phi) is 17.8.